The Bertz CT molecular complexity index is 295. The van der Waals surface area contributed by atoms with Crippen LogP contribution in [0.25, 0.3) is 0 Å². The molecule has 1 fully saturated rings. The van der Waals surface area contributed by atoms with Crippen LogP contribution >= 0.6 is 0 Å². The summed E-state index contributed by atoms with van der Waals surface area (Å²) in [5.41, 5.74) is 1.21. The van der Waals surface area contributed by atoms with Crippen LogP contribution in [0.3, 0.4) is 0 Å². The molecule has 15 heavy (non-hydrogen) atoms. The average Bonchev–Trinajstić information content (AvgIpc) is 2.19. The Morgan fingerprint density at radius 3 is 2.80 bits per heavy atom. The number of hydrogen-bond acceptors (Lipinski definition) is 2. The van der Waals surface area contributed by atoms with Crippen LogP contribution in [0.4, 0.5) is 0 Å². The molecule has 0 aromatic heterocycles. The molecule has 0 spiro atoms. The van der Waals surface area contributed by atoms with E-state index in [1.54, 1.807) is 0 Å². The smallest absolute Gasteiger partial charge is 0.0999 e. The predicted molar refractivity (Wildman–Crippen MR) is 54.5 cm³/mol. The number of benzene rings is 1. The van der Waals surface area contributed by atoms with E-state index in [9.17, 15) is 0 Å². The van der Waals surface area contributed by atoms with Crippen LogP contribution in [0.2, 0.25) is 0 Å². The van der Waals surface area contributed by atoms with Gasteiger partial charge in [0.05, 0.1) is 19.3 Å². The van der Waals surface area contributed by atoms with Crippen molar-refractivity contribution in [3.63, 3.8) is 0 Å². The molecular weight excluding hydrogens is 265 g/mol. The fourth-order valence-electron chi connectivity index (χ4n) is 1.59. The molecule has 1 aliphatic rings. The van der Waals surface area contributed by atoms with E-state index < -0.39 is 0 Å². The summed E-state index contributed by atoms with van der Waals surface area (Å²) in [6, 6.07) is 9.05. The van der Waals surface area contributed by atoms with Crippen molar-refractivity contribution in [2.45, 2.75) is 25.9 Å². The molecule has 2 nitrogen and oxygen atoms in total. The van der Waals surface area contributed by atoms with Crippen molar-refractivity contribution in [3.8, 4) is 5.75 Å². The molecule has 2 rings (SSSR count). The minimum absolute atomic E-state index is 0. The van der Waals surface area contributed by atoms with Crippen LogP contribution in [0.15, 0.2) is 18.2 Å². The fraction of sp³-hybridized carbons (Fsp3) is 0.500. The Balaban J connectivity index is 0.00000112. The van der Waals surface area contributed by atoms with Crippen LogP contribution in [0.5, 0.6) is 5.75 Å². The fourth-order valence-corrected chi connectivity index (χ4v) is 1.59. The molecule has 0 atom stereocenters. The third-order valence-electron chi connectivity index (χ3n) is 2.39. The summed E-state index contributed by atoms with van der Waals surface area (Å²) in [6.45, 7) is 3.69. The van der Waals surface area contributed by atoms with Crippen molar-refractivity contribution in [2.75, 3.05) is 13.2 Å². The van der Waals surface area contributed by atoms with Crippen molar-refractivity contribution < 1.29 is 42.2 Å². The standard InChI is InChI=1S/C12H15O2.Y/c1-10-3-2-4-12(9-10)14-11-5-7-13-8-6-11;/h2-3,9,11H,5-8H2,1H3;/q-1;. The summed E-state index contributed by atoms with van der Waals surface area (Å²) in [5.74, 6) is 0.858. The molecule has 1 aliphatic heterocycles. The molecule has 0 bridgehead atoms. The van der Waals surface area contributed by atoms with E-state index in [1.165, 1.54) is 5.56 Å². The maximum Gasteiger partial charge on any atom is 0.0999 e. The summed E-state index contributed by atoms with van der Waals surface area (Å²) in [4.78, 5) is 0. The number of hydrogen-bond donors (Lipinski definition) is 0. The number of aryl methyl sites for hydroxylation is 1. The van der Waals surface area contributed by atoms with E-state index >= 15 is 0 Å². The molecule has 0 N–H and O–H groups in total. The van der Waals surface area contributed by atoms with Crippen LogP contribution in [0.1, 0.15) is 18.4 Å². The normalized spacial score (nSPS) is 16.9. The minimum atomic E-state index is 0. The maximum atomic E-state index is 5.80. The number of rotatable bonds is 2. The van der Waals surface area contributed by atoms with Crippen molar-refractivity contribution in [1.82, 2.24) is 0 Å². The van der Waals surface area contributed by atoms with E-state index in [0.717, 1.165) is 31.8 Å². The zero-order chi connectivity index (χ0) is 9.80. The van der Waals surface area contributed by atoms with E-state index in [4.69, 9.17) is 9.47 Å². The topological polar surface area (TPSA) is 18.5 Å². The zero-order valence-corrected chi connectivity index (χ0v) is 11.9. The van der Waals surface area contributed by atoms with Gasteiger partial charge in [0.25, 0.3) is 0 Å². The van der Waals surface area contributed by atoms with E-state index in [0.29, 0.717) is 6.10 Å². The van der Waals surface area contributed by atoms with Gasteiger partial charge in [0.2, 0.25) is 0 Å². The molecule has 3 heteroatoms. The van der Waals surface area contributed by atoms with Gasteiger partial charge in [-0.15, -0.1) is 12.1 Å². The first kappa shape index (κ1) is 13.2. The van der Waals surface area contributed by atoms with Crippen molar-refractivity contribution in [1.29, 1.82) is 0 Å². The molecule has 1 heterocycles. The van der Waals surface area contributed by atoms with Gasteiger partial charge in [-0.3, -0.25) is 0 Å². The molecule has 1 aromatic carbocycles. The van der Waals surface area contributed by atoms with Crippen molar-refractivity contribution in [3.05, 3.63) is 29.8 Å². The summed E-state index contributed by atoms with van der Waals surface area (Å²) in [6.07, 6.45) is 2.28. The van der Waals surface area contributed by atoms with Crippen LogP contribution in [-0.2, 0) is 37.4 Å². The molecule has 1 saturated heterocycles. The second-order valence-corrected chi connectivity index (χ2v) is 3.66. The van der Waals surface area contributed by atoms with Crippen LogP contribution in [0, 0.1) is 13.0 Å². The molecule has 0 unspecified atom stereocenters. The SMILES string of the molecule is Cc1cc[c-]c(OC2CCOCC2)c1.[Y]. The Morgan fingerprint density at radius 2 is 2.13 bits per heavy atom. The zero-order valence-electron chi connectivity index (χ0n) is 9.03. The molecule has 0 saturated carbocycles. The van der Waals surface area contributed by atoms with Gasteiger partial charge in [-0.2, -0.15) is 17.7 Å². The van der Waals surface area contributed by atoms with Gasteiger partial charge in [0.1, 0.15) is 0 Å². The van der Waals surface area contributed by atoms with Crippen molar-refractivity contribution in [2.24, 2.45) is 0 Å². The van der Waals surface area contributed by atoms with Crippen LogP contribution < -0.4 is 4.74 Å². The average molecular weight is 280 g/mol. The van der Waals surface area contributed by atoms with E-state index in [2.05, 4.69) is 13.0 Å². The Labute approximate surface area is 116 Å². The summed E-state index contributed by atoms with van der Waals surface area (Å²) >= 11 is 0. The summed E-state index contributed by atoms with van der Waals surface area (Å²) < 4.78 is 11.1. The van der Waals surface area contributed by atoms with Gasteiger partial charge >= 0.3 is 0 Å². The van der Waals surface area contributed by atoms with Gasteiger partial charge in [-0.25, -0.2) is 0 Å². The quantitative estimate of drug-likeness (QED) is 0.774. The van der Waals surface area contributed by atoms with Gasteiger partial charge < -0.3 is 9.47 Å². The third-order valence-corrected chi connectivity index (χ3v) is 2.39. The van der Waals surface area contributed by atoms with Crippen molar-refractivity contribution >= 4 is 0 Å². The second kappa shape index (κ2) is 6.62. The predicted octanol–water partition coefficient (Wildman–Crippen LogP) is 2.35. The maximum absolute atomic E-state index is 5.80. The molecule has 1 radical (unpaired) electrons. The van der Waals surface area contributed by atoms with Gasteiger partial charge in [0, 0.05) is 51.3 Å². The van der Waals surface area contributed by atoms with Gasteiger partial charge in [-0.05, 0) is 0 Å². The van der Waals surface area contributed by atoms with E-state index in [-0.39, 0.29) is 32.7 Å². The molecular formula is C12H15O2Y-. The summed E-state index contributed by atoms with van der Waals surface area (Å²) in [7, 11) is 0. The molecule has 79 valence electrons. The van der Waals surface area contributed by atoms with E-state index in [1.807, 2.05) is 18.2 Å². The number of ether oxygens (including phenoxy) is 2. The minimum Gasteiger partial charge on any atom is -0.516 e. The molecule has 0 amide bonds. The molecule has 0 aliphatic carbocycles. The first-order valence-electron chi connectivity index (χ1n) is 5.07. The van der Waals surface area contributed by atoms with Gasteiger partial charge in [0.15, 0.2) is 0 Å². The first-order chi connectivity index (χ1) is 6.84. The monoisotopic (exact) mass is 280 g/mol. The Kier molecular flexibility index (Phi) is 5.80. The second-order valence-electron chi connectivity index (χ2n) is 3.66. The summed E-state index contributed by atoms with van der Waals surface area (Å²) in [5, 5.41) is 0. The first-order valence-corrected chi connectivity index (χ1v) is 5.07. The Morgan fingerprint density at radius 1 is 1.40 bits per heavy atom. The Hall–Kier alpha value is 0.0839. The molecule has 1 aromatic rings. The largest absolute Gasteiger partial charge is 0.516 e. The van der Waals surface area contributed by atoms with Crippen LogP contribution in [-0.4, -0.2) is 19.3 Å². The third kappa shape index (κ3) is 4.22. The van der Waals surface area contributed by atoms with Gasteiger partial charge in [-0.1, -0.05) is 6.92 Å².